The number of anilines is 1. The van der Waals surface area contributed by atoms with Gasteiger partial charge in [0, 0.05) is 11.1 Å². The van der Waals surface area contributed by atoms with Crippen molar-refractivity contribution in [2.75, 3.05) is 5.43 Å². The zero-order valence-electron chi connectivity index (χ0n) is 13.3. The van der Waals surface area contributed by atoms with Gasteiger partial charge in [-0.1, -0.05) is 23.8 Å². The molecule has 1 N–H and O–H groups in total. The summed E-state index contributed by atoms with van der Waals surface area (Å²) in [5, 5.41) is 29.2. The van der Waals surface area contributed by atoms with Gasteiger partial charge in [0.2, 0.25) is 17.5 Å². The van der Waals surface area contributed by atoms with E-state index in [0.29, 0.717) is 23.0 Å². The highest BCUT2D eigenvalue weighted by atomic mass is 16.4. The molecule has 1 heterocycles. The quantitative estimate of drug-likeness (QED) is 0.579. The predicted molar refractivity (Wildman–Crippen MR) is 92.2 cm³/mol. The van der Waals surface area contributed by atoms with Crippen molar-refractivity contribution >= 4 is 11.4 Å². The first-order valence-corrected chi connectivity index (χ1v) is 7.34. The number of nitrogens with zero attached hydrogens (tertiary/aromatic N) is 5. The molecule has 0 radical (unpaired) electrons. The average Bonchev–Trinajstić information content (AvgIpc) is 3.14. The first kappa shape index (κ1) is 15.9. The summed E-state index contributed by atoms with van der Waals surface area (Å²) < 4.78 is 5.73. The van der Waals surface area contributed by atoms with Gasteiger partial charge >= 0.3 is 0 Å². The summed E-state index contributed by atoms with van der Waals surface area (Å²) in [5.74, 6) is 0.798. The van der Waals surface area contributed by atoms with Crippen molar-refractivity contribution in [2.24, 2.45) is 5.10 Å². The lowest BCUT2D eigenvalue weighted by molar-refractivity contribution is 0.584. The van der Waals surface area contributed by atoms with Crippen molar-refractivity contribution in [2.45, 2.75) is 6.92 Å². The van der Waals surface area contributed by atoms with Crippen LogP contribution in [0.4, 0.5) is 5.69 Å². The van der Waals surface area contributed by atoms with E-state index in [-0.39, 0.29) is 5.71 Å². The van der Waals surface area contributed by atoms with Gasteiger partial charge < -0.3 is 4.42 Å². The number of nitrogens with one attached hydrogen (secondary N) is 1. The van der Waals surface area contributed by atoms with Gasteiger partial charge in [0.1, 0.15) is 12.1 Å². The Morgan fingerprint density at radius 1 is 1.00 bits per heavy atom. The van der Waals surface area contributed by atoms with Crippen LogP contribution in [0, 0.1) is 29.6 Å². The third kappa shape index (κ3) is 3.69. The molecule has 0 fully saturated rings. The molecule has 120 valence electrons. The highest BCUT2D eigenvalue weighted by molar-refractivity contribution is 6.10. The van der Waals surface area contributed by atoms with E-state index in [9.17, 15) is 0 Å². The molecular formula is C18H12N6O. The molecule has 0 amide bonds. The summed E-state index contributed by atoms with van der Waals surface area (Å²) in [6.07, 6.45) is 0. The molecule has 7 nitrogen and oxygen atoms in total. The van der Waals surface area contributed by atoms with E-state index in [4.69, 9.17) is 14.9 Å². The Morgan fingerprint density at radius 3 is 2.36 bits per heavy atom. The maximum atomic E-state index is 8.69. The van der Waals surface area contributed by atoms with Gasteiger partial charge in [0.25, 0.3) is 0 Å². The molecule has 0 aliphatic carbocycles. The molecule has 3 rings (SSSR count). The predicted octanol–water partition coefficient (Wildman–Crippen LogP) is 3.53. The summed E-state index contributed by atoms with van der Waals surface area (Å²) >= 11 is 0. The van der Waals surface area contributed by atoms with Crippen LogP contribution in [-0.4, -0.2) is 15.9 Å². The van der Waals surface area contributed by atoms with Crippen LogP contribution in [0.3, 0.4) is 0 Å². The van der Waals surface area contributed by atoms with Crippen molar-refractivity contribution in [3.63, 3.8) is 0 Å². The molecule has 2 aromatic carbocycles. The van der Waals surface area contributed by atoms with E-state index in [2.05, 4.69) is 20.7 Å². The number of hydrogen-bond acceptors (Lipinski definition) is 7. The Balaban J connectivity index is 1.85. The maximum absolute atomic E-state index is 8.69. The summed E-state index contributed by atoms with van der Waals surface area (Å²) in [5.41, 5.74) is 5.68. The second-order valence-electron chi connectivity index (χ2n) is 5.16. The maximum Gasteiger partial charge on any atom is 0.248 e. The minimum absolute atomic E-state index is 0.259. The lowest BCUT2D eigenvalue weighted by atomic mass is 10.1. The first-order valence-electron chi connectivity index (χ1n) is 7.34. The molecule has 1 aromatic heterocycles. The van der Waals surface area contributed by atoms with Gasteiger partial charge in [-0.15, -0.1) is 10.2 Å². The fraction of sp³-hybridized carbons (Fsp3) is 0.0556. The van der Waals surface area contributed by atoms with Gasteiger partial charge in [-0.25, -0.2) is 0 Å². The van der Waals surface area contributed by atoms with Gasteiger partial charge in [0.05, 0.1) is 5.69 Å². The van der Waals surface area contributed by atoms with Crippen molar-refractivity contribution < 1.29 is 4.42 Å². The van der Waals surface area contributed by atoms with Crippen LogP contribution >= 0.6 is 0 Å². The molecule has 3 aromatic rings. The Labute approximate surface area is 143 Å². The number of hydrogen-bond donors (Lipinski definition) is 1. The second kappa shape index (κ2) is 7.07. The minimum Gasteiger partial charge on any atom is -0.416 e. The summed E-state index contributed by atoms with van der Waals surface area (Å²) in [6, 6.07) is 18.2. The van der Waals surface area contributed by atoms with Crippen molar-refractivity contribution in [3.05, 3.63) is 54.1 Å². The molecule has 0 bridgehead atoms. The molecule has 0 spiro atoms. The van der Waals surface area contributed by atoms with Crippen LogP contribution in [0.5, 0.6) is 0 Å². The molecule has 0 saturated carbocycles. The first-order chi connectivity index (χ1) is 12.2. The number of nitriles is 2. The third-order valence-electron chi connectivity index (χ3n) is 3.34. The minimum atomic E-state index is -0.259. The molecule has 7 heteroatoms. The summed E-state index contributed by atoms with van der Waals surface area (Å²) in [4.78, 5) is 0. The Hall–Kier alpha value is -3.97. The standard InChI is InChI=1S/C18H12N6O/c1-12-5-7-13(8-6-12)17-23-24-18(25-17)14-3-2-4-15(9-14)21-22-16(10-19)11-20/h2-9,21H,1H3. The van der Waals surface area contributed by atoms with Crippen LogP contribution < -0.4 is 5.43 Å². The summed E-state index contributed by atoms with van der Waals surface area (Å²) in [6.45, 7) is 2.01. The van der Waals surface area contributed by atoms with Crippen molar-refractivity contribution in [3.8, 4) is 35.0 Å². The highest BCUT2D eigenvalue weighted by Crippen LogP contribution is 2.25. The van der Waals surface area contributed by atoms with E-state index >= 15 is 0 Å². The second-order valence-corrected chi connectivity index (χ2v) is 5.16. The normalized spacial score (nSPS) is 9.72. The number of aromatic nitrogens is 2. The molecule has 0 saturated heterocycles. The molecule has 25 heavy (non-hydrogen) atoms. The van der Waals surface area contributed by atoms with Crippen LogP contribution in [0.2, 0.25) is 0 Å². The molecule has 0 unspecified atom stereocenters. The van der Waals surface area contributed by atoms with E-state index in [1.807, 2.05) is 37.3 Å². The number of aryl methyl sites for hydroxylation is 1. The monoisotopic (exact) mass is 328 g/mol. The lowest BCUT2D eigenvalue weighted by Gasteiger charge is -2.01. The van der Waals surface area contributed by atoms with Gasteiger partial charge in [-0.05, 0) is 37.3 Å². The van der Waals surface area contributed by atoms with E-state index in [0.717, 1.165) is 11.1 Å². The fourth-order valence-corrected chi connectivity index (χ4v) is 2.07. The van der Waals surface area contributed by atoms with E-state index < -0.39 is 0 Å². The van der Waals surface area contributed by atoms with Crippen LogP contribution in [-0.2, 0) is 0 Å². The zero-order chi connectivity index (χ0) is 17.6. The van der Waals surface area contributed by atoms with Crippen molar-refractivity contribution in [1.82, 2.24) is 10.2 Å². The highest BCUT2D eigenvalue weighted by Gasteiger charge is 2.10. The van der Waals surface area contributed by atoms with Gasteiger partial charge in [-0.3, -0.25) is 5.43 Å². The Morgan fingerprint density at radius 2 is 1.68 bits per heavy atom. The van der Waals surface area contributed by atoms with Crippen LogP contribution in [0.1, 0.15) is 5.56 Å². The average molecular weight is 328 g/mol. The third-order valence-corrected chi connectivity index (χ3v) is 3.34. The lowest BCUT2D eigenvalue weighted by Crippen LogP contribution is -1.96. The van der Waals surface area contributed by atoms with E-state index in [1.165, 1.54) is 0 Å². The number of hydrazone groups is 1. The molecule has 0 atom stereocenters. The smallest absolute Gasteiger partial charge is 0.248 e. The Kier molecular flexibility index (Phi) is 4.50. The number of rotatable bonds is 4. The molecule has 0 aliphatic rings. The topological polar surface area (TPSA) is 111 Å². The number of benzene rings is 2. The molecule has 0 aliphatic heterocycles. The summed E-state index contributed by atoms with van der Waals surface area (Å²) in [7, 11) is 0. The Bertz CT molecular complexity index is 989. The van der Waals surface area contributed by atoms with Gasteiger partial charge in [0.15, 0.2) is 0 Å². The van der Waals surface area contributed by atoms with Crippen LogP contribution in [0.25, 0.3) is 22.9 Å². The van der Waals surface area contributed by atoms with Gasteiger partial charge in [-0.2, -0.15) is 15.6 Å². The largest absolute Gasteiger partial charge is 0.416 e. The van der Waals surface area contributed by atoms with Crippen LogP contribution in [0.15, 0.2) is 58.0 Å². The van der Waals surface area contributed by atoms with E-state index in [1.54, 1.807) is 30.3 Å². The van der Waals surface area contributed by atoms with Crippen molar-refractivity contribution in [1.29, 1.82) is 10.5 Å². The fourth-order valence-electron chi connectivity index (χ4n) is 2.07. The molecular weight excluding hydrogens is 316 g/mol. The zero-order valence-corrected chi connectivity index (χ0v) is 13.3. The SMILES string of the molecule is Cc1ccc(-c2nnc(-c3cccc(NN=C(C#N)C#N)c3)o2)cc1.